The van der Waals surface area contributed by atoms with Crippen molar-refractivity contribution in [3.05, 3.63) is 74.1 Å². The van der Waals surface area contributed by atoms with Crippen LogP contribution >= 0.6 is 11.3 Å². The topological polar surface area (TPSA) is 81.8 Å². The van der Waals surface area contributed by atoms with Crippen molar-refractivity contribution in [2.45, 2.75) is 0 Å². The number of rotatable bonds is 4. The summed E-state index contributed by atoms with van der Waals surface area (Å²) in [5, 5.41) is 12.5. The van der Waals surface area contributed by atoms with Gasteiger partial charge in [-0.1, -0.05) is 6.07 Å². The van der Waals surface area contributed by atoms with Gasteiger partial charge in [0.2, 0.25) is 5.90 Å². The van der Waals surface area contributed by atoms with Gasteiger partial charge in [0.1, 0.15) is 0 Å². The van der Waals surface area contributed by atoms with Gasteiger partial charge in [0.25, 0.3) is 5.69 Å². The smallest absolute Gasteiger partial charge is 0.363 e. The standard InChI is InChI=1S/C16H10N2O4S/c19-16-14(10-13-2-1-9-23-13)17-15(22-16)8-5-11-3-6-12(7-4-11)18(20)21/h1-10H. The van der Waals surface area contributed by atoms with Gasteiger partial charge in [-0.2, -0.15) is 0 Å². The molecule has 1 aromatic heterocycles. The number of carbonyl (C=O) groups excluding carboxylic acids is 1. The molecule has 0 saturated carbocycles. The molecule has 1 aromatic carbocycles. The lowest BCUT2D eigenvalue weighted by Crippen LogP contribution is -2.00. The van der Waals surface area contributed by atoms with Gasteiger partial charge in [0.15, 0.2) is 5.70 Å². The van der Waals surface area contributed by atoms with E-state index in [1.807, 2.05) is 17.5 Å². The first-order valence-electron chi connectivity index (χ1n) is 6.60. The Kier molecular flexibility index (Phi) is 4.11. The van der Waals surface area contributed by atoms with Crippen LogP contribution in [0, 0.1) is 10.1 Å². The highest BCUT2D eigenvalue weighted by Crippen LogP contribution is 2.19. The molecule has 0 fully saturated rings. The van der Waals surface area contributed by atoms with Gasteiger partial charge in [0, 0.05) is 23.1 Å². The number of cyclic esters (lactones) is 1. The molecule has 2 aromatic rings. The second-order valence-corrected chi connectivity index (χ2v) is 5.55. The fourth-order valence-corrected chi connectivity index (χ4v) is 2.53. The summed E-state index contributed by atoms with van der Waals surface area (Å²) in [5.41, 5.74) is 1.01. The predicted octanol–water partition coefficient (Wildman–Crippen LogP) is 3.67. The van der Waals surface area contributed by atoms with Crippen LogP contribution in [0.1, 0.15) is 10.4 Å². The number of carbonyl (C=O) groups is 1. The second-order valence-electron chi connectivity index (χ2n) is 4.57. The molecule has 3 rings (SSSR count). The first-order chi connectivity index (χ1) is 11.1. The maximum Gasteiger partial charge on any atom is 0.363 e. The molecule has 0 amide bonds. The molecular weight excluding hydrogens is 316 g/mol. The van der Waals surface area contributed by atoms with Crippen LogP contribution in [0.15, 0.2) is 58.5 Å². The summed E-state index contributed by atoms with van der Waals surface area (Å²) >= 11 is 1.50. The van der Waals surface area contributed by atoms with E-state index in [1.165, 1.54) is 23.5 Å². The molecule has 0 aliphatic carbocycles. The Bertz CT molecular complexity index is 833. The van der Waals surface area contributed by atoms with Crippen molar-refractivity contribution in [3.8, 4) is 0 Å². The maximum atomic E-state index is 11.7. The number of benzene rings is 1. The highest BCUT2D eigenvalue weighted by molar-refractivity contribution is 7.10. The molecule has 6 nitrogen and oxygen atoms in total. The summed E-state index contributed by atoms with van der Waals surface area (Å²) in [5.74, 6) is -0.307. The lowest BCUT2D eigenvalue weighted by Gasteiger charge is -1.94. The van der Waals surface area contributed by atoms with E-state index in [0.29, 0.717) is 0 Å². The summed E-state index contributed by atoms with van der Waals surface area (Å²) < 4.78 is 5.06. The molecule has 1 aliphatic rings. The van der Waals surface area contributed by atoms with E-state index in [-0.39, 0.29) is 17.3 Å². The van der Waals surface area contributed by atoms with Crippen LogP contribution in [-0.2, 0) is 9.53 Å². The van der Waals surface area contributed by atoms with Gasteiger partial charge in [-0.15, -0.1) is 11.3 Å². The number of non-ortho nitro benzene ring substituents is 1. The summed E-state index contributed by atoms with van der Waals surface area (Å²) in [7, 11) is 0. The van der Waals surface area contributed by atoms with Gasteiger partial charge in [-0.25, -0.2) is 9.79 Å². The Morgan fingerprint density at radius 2 is 1.96 bits per heavy atom. The van der Waals surface area contributed by atoms with E-state index in [2.05, 4.69) is 4.99 Å². The molecule has 0 N–H and O–H groups in total. The second kappa shape index (κ2) is 6.37. The van der Waals surface area contributed by atoms with Crippen LogP contribution in [0.4, 0.5) is 5.69 Å². The van der Waals surface area contributed by atoms with E-state index < -0.39 is 10.9 Å². The Hall–Kier alpha value is -3.06. The zero-order chi connectivity index (χ0) is 16.2. The quantitative estimate of drug-likeness (QED) is 0.371. The van der Waals surface area contributed by atoms with Crippen molar-refractivity contribution >= 4 is 41.0 Å². The van der Waals surface area contributed by atoms with Crippen LogP contribution in [0.25, 0.3) is 12.2 Å². The molecule has 23 heavy (non-hydrogen) atoms. The number of aliphatic imine (C=N–C) groups is 1. The molecule has 0 spiro atoms. The summed E-state index contributed by atoms with van der Waals surface area (Å²) in [6.07, 6.45) is 4.89. The average molecular weight is 326 g/mol. The predicted molar refractivity (Wildman–Crippen MR) is 88.0 cm³/mol. The van der Waals surface area contributed by atoms with Crippen LogP contribution in [0.2, 0.25) is 0 Å². The number of hydrogen-bond acceptors (Lipinski definition) is 6. The average Bonchev–Trinajstić information content (AvgIpc) is 3.16. The van der Waals surface area contributed by atoms with Crippen molar-refractivity contribution < 1.29 is 14.5 Å². The number of hydrogen-bond donors (Lipinski definition) is 0. The van der Waals surface area contributed by atoms with E-state index in [1.54, 1.807) is 30.4 Å². The van der Waals surface area contributed by atoms with Crippen molar-refractivity contribution in [2.75, 3.05) is 0 Å². The first kappa shape index (κ1) is 14.9. The van der Waals surface area contributed by atoms with Gasteiger partial charge in [0.05, 0.1) is 4.92 Å². The van der Waals surface area contributed by atoms with E-state index in [0.717, 1.165) is 10.4 Å². The van der Waals surface area contributed by atoms with Gasteiger partial charge < -0.3 is 4.74 Å². The van der Waals surface area contributed by atoms with E-state index in [9.17, 15) is 14.9 Å². The number of thiophene rings is 1. The van der Waals surface area contributed by atoms with E-state index in [4.69, 9.17) is 4.74 Å². The van der Waals surface area contributed by atoms with Crippen LogP contribution < -0.4 is 0 Å². The molecule has 1 aliphatic heterocycles. The minimum atomic E-state index is -0.498. The molecular formula is C16H10N2O4S. The summed E-state index contributed by atoms with van der Waals surface area (Å²) in [4.78, 5) is 26.9. The molecule has 0 bridgehead atoms. The maximum absolute atomic E-state index is 11.7. The third-order valence-corrected chi connectivity index (χ3v) is 3.80. The molecule has 0 radical (unpaired) electrons. The van der Waals surface area contributed by atoms with E-state index >= 15 is 0 Å². The number of ether oxygens (including phenoxy) is 1. The summed E-state index contributed by atoms with van der Waals surface area (Å²) in [6.45, 7) is 0. The molecule has 0 saturated heterocycles. The van der Waals surface area contributed by atoms with Crippen molar-refractivity contribution in [1.82, 2.24) is 0 Å². The molecule has 2 heterocycles. The Morgan fingerprint density at radius 3 is 2.61 bits per heavy atom. The number of nitro benzene ring substituents is 1. The Balaban J connectivity index is 1.75. The fourth-order valence-electron chi connectivity index (χ4n) is 1.88. The van der Waals surface area contributed by atoms with Gasteiger partial charge in [-0.3, -0.25) is 10.1 Å². The highest BCUT2D eigenvalue weighted by atomic mass is 32.1. The van der Waals surface area contributed by atoms with Crippen LogP contribution in [0.5, 0.6) is 0 Å². The molecule has 0 atom stereocenters. The zero-order valence-corrected chi connectivity index (χ0v) is 12.5. The lowest BCUT2D eigenvalue weighted by molar-refractivity contribution is -0.384. The molecule has 114 valence electrons. The van der Waals surface area contributed by atoms with Crippen molar-refractivity contribution in [2.24, 2.45) is 4.99 Å². The normalized spacial score (nSPS) is 15.9. The number of nitrogens with zero attached hydrogens (tertiary/aromatic N) is 2. The highest BCUT2D eigenvalue weighted by Gasteiger charge is 2.21. The van der Waals surface area contributed by atoms with Crippen LogP contribution in [0.3, 0.4) is 0 Å². The molecule has 0 unspecified atom stereocenters. The van der Waals surface area contributed by atoms with Gasteiger partial charge in [-0.05, 0) is 41.3 Å². The third-order valence-electron chi connectivity index (χ3n) is 2.98. The largest absolute Gasteiger partial charge is 0.403 e. The third kappa shape index (κ3) is 3.58. The first-order valence-corrected chi connectivity index (χ1v) is 7.48. The summed E-state index contributed by atoms with van der Waals surface area (Å²) in [6, 6.07) is 9.79. The Morgan fingerprint density at radius 1 is 1.17 bits per heavy atom. The van der Waals surface area contributed by atoms with Crippen LogP contribution in [-0.4, -0.2) is 16.8 Å². The minimum Gasteiger partial charge on any atom is -0.403 e. The van der Waals surface area contributed by atoms with Crippen molar-refractivity contribution in [1.29, 1.82) is 0 Å². The molecule has 7 heteroatoms. The Labute approximate surface area is 135 Å². The number of nitro groups is 1. The number of esters is 1. The fraction of sp³-hybridized carbons (Fsp3) is 0. The lowest BCUT2D eigenvalue weighted by atomic mass is 10.2. The monoisotopic (exact) mass is 326 g/mol. The SMILES string of the molecule is O=C1OC(C=Cc2ccc([N+](=O)[O-])cc2)=NC1=Cc1cccs1. The van der Waals surface area contributed by atoms with Crippen molar-refractivity contribution in [3.63, 3.8) is 0 Å². The minimum absolute atomic E-state index is 0.0213. The zero-order valence-electron chi connectivity index (χ0n) is 11.7. The van der Waals surface area contributed by atoms with Gasteiger partial charge >= 0.3 is 5.97 Å².